The highest BCUT2D eigenvalue weighted by molar-refractivity contribution is 14.0. The number of likely N-dealkylation sites (tertiary alicyclic amines) is 1. The lowest BCUT2D eigenvalue weighted by Gasteiger charge is -2.33. The molecule has 2 atom stereocenters. The maximum absolute atomic E-state index is 10.8. The number of rotatable bonds is 9. The van der Waals surface area contributed by atoms with Gasteiger partial charge in [-0.25, -0.2) is 0 Å². The van der Waals surface area contributed by atoms with Crippen LogP contribution < -0.4 is 10.6 Å². The van der Waals surface area contributed by atoms with Gasteiger partial charge in [0.1, 0.15) is 0 Å². The molecule has 0 aromatic carbocycles. The van der Waals surface area contributed by atoms with Gasteiger partial charge < -0.3 is 20.5 Å². The van der Waals surface area contributed by atoms with Gasteiger partial charge in [-0.05, 0) is 50.6 Å². The molecule has 3 rings (SSSR count). The number of morpholine rings is 1. The summed E-state index contributed by atoms with van der Waals surface area (Å²) < 4.78 is 5.40. The average molecular weight is 566 g/mol. The Balaban J connectivity index is 0.00000341. The van der Waals surface area contributed by atoms with E-state index in [1.165, 1.54) is 24.3 Å². The van der Waals surface area contributed by atoms with Gasteiger partial charge in [-0.1, -0.05) is 6.07 Å². The molecule has 0 amide bonds. The second kappa shape index (κ2) is 13.9. The van der Waals surface area contributed by atoms with Gasteiger partial charge in [0.25, 0.3) is 0 Å². The van der Waals surface area contributed by atoms with Crippen molar-refractivity contribution in [3.8, 4) is 0 Å². The Bertz CT molecular complexity index is 638. The van der Waals surface area contributed by atoms with Crippen LogP contribution in [0.4, 0.5) is 0 Å². The minimum atomic E-state index is -0.845. The molecule has 0 bridgehead atoms. The second-order valence-corrected chi connectivity index (χ2v) is 9.82. The zero-order valence-electron chi connectivity index (χ0n) is 19.0. The number of nitrogens with one attached hydrogen (secondary N) is 2. The van der Waals surface area contributed by atoms with Crippen LogP contribution in [0.1, 0.15) is 31.6 Å². The molecule has 0 radical (unpaired) electrons. The molecule has 3 heterocycles. The quantitative estimate of drug-likeness (QED) is 0.243. The summed E-state index contributed by atoms with van der Waals surface area (Å²) in [5.41, 5.74) is -0.845. The van der Waals surface area contributed by atoms with Gasteiger partial charge in [-0.3, -0.25) is 14.8 Å². The summed E-state index contributed by atoms with van der Waals surface area (Å²) >= 11 is 1.84. The Hall–Kier alpha value is -0.460. The molecule has 2 aliphatic rings. The molecule has 31 heavy (non-hydrogen) atoms. The van der Waals surface area contributed by atoms with Crippen molar-refractivity contribution >= 4 is 41.3 Å². The van der Waals surface area contributed by atoms with Crippen LogP contribution in [-0.2, 0) is 11.3 Å². The molecule has 9 heteroatoms. The fourth-order valence-electron chi connectivity index (χ4n) is 4.21. The summed E-state index contributed by atoms with van der Waals surface area (Å²) in [6, 6.07) is 4.36. The van der Waals surface area contributed by atoms with E-state index >= 15 is 0 Å². The Kier molecular flexibility index (Phi) is 12.1. The van der Waals surface area contributed by atoms with Crippen LogP contribution in [0.2, 0.25) is 0 Å². The number of halogens is 1. The van der Waals surface area contributed by atoms with Gasteiger partial charge in [0, 0.05) is 50.7 Å². The van der Waals surface area contributed by atoms with Crippen LogP contribution >= 0.6 is 35.3 Å². The van der Waals surface area contributed by atoms with E-state index in [4.69, 9.17) is 4.74 Å². The normalized spacial score (nSPS) is 23.1. The summed E-state index contributed by atoms with van der Waals surface area (Å²) in [5, 5.41) is 19.8. The van der Waals surface area contributed by atoms with Crippen molar-refractivity contribution in [1.29, 1.82) is 0 Å². The van der Waals surface area contributed by atoms with Gasteiger partial charge in [0.2, 0.25) is 0 Å². The first-order chi connectivity index (χ1) is 14.5. The number of nitrogens with zero attached hydrogens (tertiary/aromatic N) is 3. The highest BCUT2D eigenvalue weighted by Crippen LogP contribution is 2.20. The highest BCUT2D eigenvalue weighted by atomic mass is 127. The molecule has 2 saturated heterocycles. The smallest absolute Gasteiger partial charge is 0.191 e. The lowest BCUT2D eigenvalue weighted by Crippen LogP contribution is -2.48. The van der Waals surface area contributed by atoms with E-state index in [1.807, 2.05) is 18.3 Å². The van der Waals surface area contributed by atoms with Crippen LogP contribution in [-0.4, -0.2) is 92.0 Å². The summed E-state index contributed by atoms with van der Waals surface area (Å²) in [6.07, 6.45) is 2.50. The number of hydrogen-bond acceptors (Lipinski definition) is 6. The van der Waals surface area contributed by atoms with E-state index in [9.17, 15) is 5.11 Å². The van der Waals surface area contributed by atoms with Crippen LogP contribution in [0.5, 0.6) is 0 Å². The minimum absolute atomic E-state index is 0. The molecular weight excluding hydrogens is 525 g/mol. The fraction of sp³-hybridized carbons (Fsp3) is 0.773. The van der Waals surface area contributed by atoms with Crippen LogP contribution in [0, 0.1) is 5.92 Å². The topological polar surface area (TPSA) is 72.4 Å². The average Bonchev–Trinajstić information content (AvgIpc) is 3.24. The zero-order valence-corrected chi connectivity index (χ0v) is 22.2. The molecule has 2 unspecified atom stereocenters. The third kappa shape index (κ3) is 9.91. The van der Waals surface area contributed by atoms with Crippen molar-refractivity contribution < 1.29 is 9.84 Å². The number of hydrogen-bond donors (Lipinski definition) is 3. The first-order valence-corrected chi connectivity index (χ1v) is 12.2. The first-order valence-electron chi connectivity index (χ1n) is 11.3. The van der Waals surface area contributed by atoms with Gasteiger partial charge in [-0.2, -0.15) is 0 Å². The second-order valence-electron chi connectivity index (χ2n) is 8.78. The highest BCUT2D eigenvalue weighted by Gasteiger charge is 2.25. The molecule has 0 saturated carbocycles. The molecule has 7 nitrogen and oxygen atoms in total. The molecule has 2 fully saturated rings. The number of ether oxygens (including phenoxy) is 1. The molecular formula is C22H40IN5O2S. The Morgan fingerprint density at radius 2 is 2.10 bits per heavy atom. The molecule has 1 aromatic rings. The van der Waals surface area contributed by atoms with E-state index in [0.29, 0.717) is 19.0 Å². The summed E-state index contributed by atoms with van der Waals surface area (Å²) in [7, 11) is 0. The van der Waals surface area contributed by atoms with Crippen molar-refractivity contribution in [2.75, 3.05) is 65.6 Å². The standard InChI is InChI=1S/C22H39N5O2S.HI/c1-3-23-21(25-17-22(2,28)18-26-9-11-29-12-10-26)24-14-19-6-4-8-27(15-19)16-20-7-5-13-30-20;/h5,7,13,19,28H,3-4,6,8-12,14-18H2,1-2H3,(H2,23,24,25);1H. The molecule has 2 aliphatic heterocycles. The minimum Gasteiger partial charge on any atom is -0.387 e. The molecule has 0 aliphatic carbocycles. The number of β-amino-alcohol motifs (C(OH)–C–C–N with tert-alkyl or cyclic N) is 1. The van der Waals surface area contributed by atoms with Crippen molar-refractivity contribution in [3.63, 3.8) is 0 Å². The van der Waals surface area contributed by atoms with Crippen LogP contribution in [0.3, 0.4) is 0 Å². The number of aliphatic hydroxyl groups is 1. The van der Waals surface area contributed by atoms with Crippen molar-refractivity contribution in [2.45, 2.75) is 38.8 Å². The largest absolute Gasteiger partial charge is 0.387 e. The maximum atomic E-state index is 10.8. The molecule has 0 spiro atoms. The summed E-state index contributed by atoms with van der Waals surface area (Å²) in [5.74, 6) is 1.42. The molecule has 3 N–H and O–H groups in total. The first kappa shape index (κ1) is 26.8. The van der Waals surface area contributed by atoms with Gasteiger partial charge in [-0.15, -0.1) is 35.3 Å². The lowest BCUT2D eigenvalue weighted by atomic mass is 9.98. The molecule has 178 valence electrons. The van der Waals surface area contributed by atoms with Crippen LogP contribution in [0.25, 0.3) is 0 Å². The number of thiophene rings is 1. The van der Waals surface area contributed by atoms with E-state index in [0.717, 1.165) is 58.4 Å². The number of piperidine rings is 1. The van der Waals surface area contributed by atoms with E-state index in [1.54, 1.807) is 0 Å². The van der Waals surface area contributed by atoms with E-state index in [-0.39, 0.29) is 24.0 Å². The van der Waals surface area contributed by atoms with Gasteiger partial charge >= 0.3 is 0 Å². The Morgan fingerprint density at radius 1 is 1.29 bits per heavy atom. The predicted molar refractivity (Wildman–Crippen MR) is 140 cm³/mol. The van der Waals surface area contributed by atoms with Gasteiger partial charge in [0.15, 0.2) is 5.96 Å². The van der Waals surface area contributed by atoms with E-state index in [2.05, 4.69) is 49.9 Å². The predicted octanol–water partition coefficient (Wildman–Crippen LogP) is 2.22. The molecule has 1 aromatic heterocycles. The van der Waals surface area contributed by atoms with Crippen molar-refractivity contribution in [1.82, 2.24) is 20.4 Å². The number of aliphatic imine (C=N–C) groups is 1. The maximum Gasteiger partial charge on any atom is 0.191 e. The summed E-state index contributed by atoms with van der Waals surface area (Å²) in [4.78, 5) is 11.0. The fourth-order valence-corrected chi connectivity index (χ4v) is 4.95. The van der Waals surface area contributed by atoms with Gasteiger partial charge in [0.05, 0.1) is 25.4 Å². The lowest BCUT2D eigenvalue weighted by molar-refractivity contribution is -0.0180. The SMILES string of the molecule is CCNC(=NCC(C)(O)CN1CCOCC1)NCC1CCCN(Cc2cccs2)C1.I. The number of guanidine groups is 1. The Morgan fingerprint density at radius 3 is 2.81 bits per heavy atom. The van der Waals surface area contributed by atoms with Crippen molar-refractivity contribution in [3.05, 3.63) is 22.4 Å². The van der Waals surface area contributed by atoms with Crippen molar-refractivity contribution in [2.24, 2.45) is 10.9 Å². The van der Waals surface area contributed by atoms with E-state index < -0.39 is 5.60 Å². The monoisotopic (exact) mass is 565 g/mol. The third-order valence-corrected chi connectivity index (χ3v) is 6.57. The van der Waals surface area contributed by atoms with Crippen LogP contribution in [0.15, 0.2) is 22.5 Å². The zero-order chi connectivity index (χ0) is 21.2. The summed E-state index contributed by atoms with van der Waals surface area (Å²) in [6.45, 7) is 13.3. The third-order valence-electron chi connectivity index (χ3n) is 5.71. The Labute approximate surface area is 208 Å².